The minimum absolute atomic E-state index is 0.00378. The van der Waals surface area contributed by atoms with Gasteiger partial charge in [-0.25, -0.2) is 8.42 Å². The lowest BCUT2D eigenvalue weighted by Gasteiger charge is -2.35. The van der Waals surface area contributed by atoms with Crippen LogP contribution in [0.4, 0.5) is 11.4 Å². The van der Waals surface area contributed by atoms with Gasteiger partial charge in [0.05, 0.1) is 15.5 Å². The van der Waals surface area contributed by atoms with Gasteiger partial charge in [0.1, 0.15) is 12.6 Å². The lowest BCUT2D eigenvalue weighted by molar-refractivity contribution is -0.384. The quantitative estimate of drug-likeness (QED) is 0.134. The second kappa shape index (κ2) is 15.7. The van der Waals surface area contributed by atoms with E-state index < -0.39 is 33.4 Å². The lowest BCUT2D eigenvalue weighted by atomic mass is 9.94. The number of rotatable bonds is 13. The molecule has 0 aromatic heterocycles. The molecule has 0 bridgehead atoms. The summed E-state index contributed by atoms with van der Waals surface area (Å²) in [7, 11) is -4.31. The first kappa shape index (κ1) is 34.3. The summed E-state index contributed by atoms with van der Waals surface area (Å²) in [5, 5.41) is 14.6. The number of hydrogen-bond donors (Lipinski definition) is 1. The number of carbonyl (C=O) groups is 2. The number of benzene rings is 4. The van der Waals surface area contributed by atoms with Crippen molar-refractivity contribution in [2.24, 2.45) is 0 Å². The first-order chi connectivity index (χ1) is 23.1. The van der Waals surface area contributed by atoms with Crippen molar-refractivity contribution in [3.63, 3.8) is 0 Å². The van der Waals surface area contributed by atoms with Crippen LogP contribution in [-0.2, 0) is 32.6 Å². The van der Waals surface area contributed by atoms with E-state index in [0.717, 1.165) is 53.1 Å². The monoisotopic (exact) mass is 668 g/mol. The maximum atomic E-state index is 14.6. The van der Waals surface area contributed by atoms with E-state index >= 15 is 0 Å². The van der Waals surface area contributed by atoms with E-state index in [4.69, 9.17) is 0 Å². The van der Waals surface area contributed by atoms with Crippen molar-refractivity contribution in [3.05, 3.63) is 136 Å². The van der Waals surface area contributed by atoms with Gasteiger partial charge in [0.2, 0.25) is 11.8 Å². The molecule has 0 aliphatic heterocycles. The fourth-order valence-corrected chi connectivity index (χ4v) is 7.41. The fraction of sp³-hybridized carbons (Fsp3) is 0.297. The van der Waals surface area contributed by atoms with E-state index in [1.54, 1.807) is 18.2 Å². The van der Waals surface area contributed by atoms with Crippen molar-refractivity contribution < 1.29 is 22.9 Å². The molecule has 10 nitrogen and oxygen atoms in total. The molecular weight excluding hydrogens is 628 g/mol. The van der Waals surface area contributed by atoms with E-state index in [1.807, 2.05) is 61.5 Å². The van der Waals surface area contributed by atoms with Gasteiger partial charge >= 0.3 is 0 Å². The summed E-state index contributed by atoms with van der Waals surface area (Å²) in [6, 6.07) is 28.9. The topological polar surface area (TPSA) is 130 Å². The molecular formula is C37H40N4O6S. The Kier molecular flexibility index (Phi) is 11.2. The van der Waals surface area contributed by atoms with Gasteiger partial charge in [-0.3, -0.25) is 24.0 Å². The summed E-state index contributed by atoms with van der Waals surface area (Å²) < 4.78 is 29.2. The minimum Gasteiger partial charge on any atom is -0.352 e. The molecule has 0 unspecified atom stereocenters. The number of anilines is 1. The van der Waals surface area contributed by atoms with Crippen molar-refractivity contribution in [2.45, 2.75) is 69.0 Å². The molecule has 11 heteroatoms. The minimum atomic E-state index is -4.31. The van der Waals surface area contributed by atoms with Gasteiger partial charge in [-0.15, -0.1) is 0 Å². The molecule has 2 amide bonds. The van der Waals surface area contributed by atoms with Crippen LogP contribution in [0.5, 0.6) is 0 Å². The highest BCUT2D eigenvalue weighted by molar-refractivity contribution is 7.92. The number of amides is 2. The Labute approximate surface area is 281 Å². The molecule has 0 saturated heterocycles. The number of hydrogen-bond acceptors (Lipinski definition) is 6. The molecule has 1 saturated carbocycles. The summed E-state index contributed by atoms with van der Waals surface area (Å²) >= 11 is 0. The van der Waals surface area contributed by atoms with Gasteiger partial charge in [-0.05, 0) is 55.2 Å². The second-order valence-electron chi connectivity index (χ2n) is 12.2. The van der Waals surface area contributed by atoms with Gasteiger partial charge in [0.25, 0.3) is 15.7 Å². The Balaban J connectivity index is 1.56. The van der Waals surface area contributed by atoms with Crippen LogP contribution in [0, 0.1) is 17.0 Å². The van der Waals surface area contributed by atoms with E-state index in [9.17, 15) is 28.1 Å². The summed E-state index contributed by atoms with van der Waals surface area (Å²) in [6.45, 7) is 1.39. The zero-order valence-electron chi connectivity index (χ0n) is 26.9. The summed E-state index contributed by atoms with van der Waals surface area (Å²) in [6.07, 6.45) is 5.09. The Bertz CT molecular complexity index is 1790. The van der Waals surface area contributed by atoms with Gasteiger partial charge in [-0.2, -0.15) is 0 Å². The smallest absolute Gasteiger partial charge is 0.269 e. The van der Waals surface area contributed by atoms with E-state index in [2.05, 4.69) is 5.32 Å². The Hall–Kier alpha value is -5.03. The van der Waals surface area contributed by atoms with Crippen LogP contribution in [0.1, 0.15) is 48.8 Å². The molecule has 1 atom stereocenters. The Morgan fingerprint density at radius 3 is 2.04 bits per heavy atom. The van der Waals surface area contributed by atoms with Crippen LogP contribution in [0.2, 0.25) is 0 Å². The number of nitro benzene ring substituents is 1. The number of aryl methyl sites for hydroxylation is 1. The molecule has 1 N–H and O–H groups in total. The van der Waals surface area contributed by atoms with Crippen LogP contribution in [0.15, 0.2) is 114 Å². The zero-order valence-corrected chi connectivity index (χ0v) is 27.7. The van der Waals surface area contributed by atoms with Crippen molar-refractivity contribution in [1.82, 2.24) is 10.2 Å². The molecule has 0 spiro atoms. The first-order valence-electron chi connectivity index (χ1n) is 16.1. The molecule has 4 aromatic carbocycles. The third kappa shape index (κ3) is 8.65. The van der Waals surface area contributed by atoms with Crippen molar-refractivity contribution in [1.29, 1.82) is 0 Å². The highest BCUT2D eigenvalue weighted by atomic mass is 32.2. The van der Waals surface area contributed by atoms with Gasteiger partial charge < -0.3 is 10.2 Å². The van der Waals surface area contributed by atoms with Crippen molar-refractivity contribution in [3.8, 4) is 0 Å². The van der Waals surface area contributed by atoms with Gasteiger partial charge in [-0.1, -0.05) is 97.6 Å². The molecule has 0 heterocycles. The van der Waals surface area contributed by atoms with Crippen LogP contribution in [0.3, 0.4) is 0 Å². The maximum Gasteiger partial charge on any atom is 0.269 e. The standard InChI is InChI=1S/C37H40N4O6S/c1-28-17-19-30(20-18-28)26-39(35(25-29-11-5-2-6-12-29)37(43)38-31-13-7-3-8-14-31)36(42)27-40(32-21-23-33(24-22-32)41(44)45)48(46,47)34-15-9-4-10-16-34/h2,4-6,9-12,15-24,31,35H,3,7-8,13-14,25-27H2,1H3,(H,38,43)/t35-/m1/s1. The van der Waals surface area contributed by atoms with E-state index in [-0.39, 0.29) is 41.2 Å². The van der Waals surface area contributed by atoms with E-state index in [1.165, 1.54) is 41.3 Å². The molecule has 4 aromatic rings. The number of nitrogens with one attached hydrogen (secondary N) is 1. The van der Waals surface area contributed by atoms with Crippen molar-refractivity contribution >= 4 is 33.2 Å². The summed E-state index contributed by atoms with van der Waals surface area (Å²) in [5.74, 6) is -0.882. The Morgan fingerprint density at radius 2 is 1.44 bits per heavy atom. The largest absolute Gasteiger partial charge is 0.352 e. The Morgan fingerprint density at radius 1 is 0.833 bits per heavy atom. The van der Waals surface area contributed by atoms with Gasteiger partial charge in [0, 0.05) is 31.1 Å². The highest BCUT2D eigenvalue weighted by Crippen LogP contribution is 2.27. The molecule has 1 aliphatic carbocycles. The number of nitrogens with zero attached hydrogens (tertiary/aromatic N) is 3. The van der Waals surface area contributed by atoms with Crippen LogP contribution in [-0.4, -0.2) is 48.7 Å². The van der Waals surface area contributed by atoms with Gasteiger partial charge in [0.15, 0.2) is 0 Å². The third-order valence-electron chi connectivity index (χ3n) is 8.65. The summed E-state index contributed by atoms with van der Waals surface area (Å²) in [4.78, 5) is 41.0. The molecule has 5 rings (SSSR count). The predicted molar refractivity (Wildman–Crippen MR) is 185 cm³/mol. The SMILES string of the molecule is Cc1ccc(CN(C(=O)CN(c2ccc([N+](=O)[O-])cc2)S(=O)(=O)c2ccccc2)[C@H](Cc2ccccc2)C(=O)NC2CCCCC2)cc1. The van der Waals surface area contributed by atoms with Crippen LogP contribution in [0.25, 0.3) is 0 Å². The van der Waals surface area contributed by atoms with E-state index in [0.29, 0.717) is 0 Å². The molecule has 1 fully saturated rings. The third-order valence-corrected chi connectivity index (χ3v) is 10.4. The van der Waals surface area contributed by atoms with Crippen molar-refractivity contribution in [2.75, 3.05) is 10.8 Å². The predicted octanol–water partition coefficient (Wildman–Crippen LogP) is 6.19. The molecule has 250 valence electrons. The molecule has 1 aliphatic rings. The summed E-state index contributed by atoms with van der Waals surface area (Å²) in [5.41, 5.74) is 2.54. The first-order valence-corrected chi connectivity index (χ1v) is 17.6. The highest BCUT2D eigenvalue weighted by Gasteiger charge is 2.35. The number of sulfonamides is 1. The van der Waals surface area contributed by atoms with Crippen LogP contribution >= 0.6 is 0 Å². The zero-order chi connectivity index (χ0) is 34.1. The number of non-ortho nitro benzene ring substituents is 1. The number of nitro groups is 1. The molecule has 48 heavy (non-hydrogen) atoms. The molecule has 0 radical (unpaired) electrons. The number of carbonyl (C=O) groups excluding carboxylic acids is 2. The normalized spacial score (nSPS) is 14.1. The lowest BCUT2D eigenvalue weighted by Crippen LogP contribution is -2.55. The maximum absolute atomic E-state index is 14.6. The fourth-order valence-electron chi connectivity index (χ4n) is 5.98. The second-order valence-corrected chi connectivity index (χ2v) is 14.0. The average molecular weight is 669 g/mol. The van der Waals surface area contributed by atoms with Crippen LogP contribution < -0.4 is 9.62 Å². The average Bonchev–Trinajstić information content (AvgIpc) is 3.10.